The zero-order valence-corrected chi connectivity index (χ0v) is 22.8. The summed E-state index contributed by atoms with van der Waals surface area (Å²) in [6, 6.07) is 11.3. The van der Waals surface area contributed by atoms with E-state index in [1.165, 1.54) is 76.2 Å². The summed E-state index contributed by atoms with van der Waals surface area (Å²) < 4.78 is 11.0. The van der Waals surface area contributed by atoms with Crippen LogP contribution in [0.1, 0.15) is 96.8 Å². The number of phenols is 1. The number of benzene rings is 2. The molecule has 0 radical (unpaired) electrons. The van der Waals surface area contributed by atoms with Gasteiger partial charge in [0.15, 0.2) is 5.43 Å². The number of aromatic hydroxyl groups is 1. The maximum atomic E-state index is 12.8. The second-order valence-corrected chi connectivity index (χ2v) is 9.99. The lowest BCUT2D eigenvalue weighted by molar-refractivity contribution is -0.134. The van der Waals surface area contributed by atoms with Crippen molar-refractivity contribution in [2.24, 2.45) is 0 Å². The third-order valence-corrected chi connectivity index (χ3v) is 6.80. The number of carbonyl (C=O) groups is 1. The number of fused-ring (bicyclic) bond motifs is 1. The summed E-state index contributed by atoms with van der Waals surface area (Å²) in [7, 11) is 0. The van der Waals surface area contributed by atoms with Crippen LogP contribution in [0.25, 0.3) is 22.1 Å². The highest BCUT2D eigenvalue weighted by Gasteiger charge is 2.11. The van der Waals surface area contributed by atoms with Crippen LogP contribution in [0.3, 0.4) is 0 Å². The molecule has 204 valence electrons. The molecule has 38 heavy (non-hydrogen) atoms. The van der Waals surface area contributed by atoms with E-state index in [0.29, 0.717) is 34.3 Å². The number of esters is 1. The van der Waals surface area contributed by atoms with Crippen molar-refractivity contribution in [1.29, 1.82) is 0 Å². The van der Waals surface area contributed by atoms with Crippen molar-refractivity contribution in [3.05, 3.63) is 71.1 Å². The Morgan fingerprint density at radius 2 is 1.47 bits per heavy atom. The van der Waals surface area contributed by atoms with Crippen molar-refractivity contribution in [3.63, 3.8) is 0 Å². The topological polar surface area (TPSA) is 76.7 Å². The summed E-state index contributed by atoms with van der Waals surface area (Å²) in [5.74, 6) is 0.267. The fraction of sp³-hybridized carbons (Fsp3) is 0.455. The van der Waals surface area contributed by atoms with Gasteiger partial charge in [0.25, 0.3) is 0 Å². The van der Waals surface area contributed by atoms with E-state index in [1.54, 1.807) is 30.3 Å². The first kappa shape index (κ1) is 29.2. The molecule has 0 saturated heterocycles. The van der Waals surface area contributed by atoms with Gasteiger partial charge in [0.2, 0.25) is 0 Å². The standard InChI is InChI=1S/C33H42O5/c1-2-3-4-5-6-7-8-9-10-11-12-13-14-15-16-17-32(35)38-28-21-18-26(19-22-28)30-25-37-31-24-27(34)20-23-29(31)33(30)36/h9-10,18-25,34H,2-8,11-17H2,1H3/b10-9-. The molecule has 0 aliphatic heterocycles. The van der Waals surface area contributed by atoms with Gasteiger partial charge in [-0.1, -0.05) is 82.6 Å². The lowest BCUT2D eigenvalue weighted by atomic mass is 10.1. The van der Waals surface area contributed by atoms with E-state index >= 15 is 0 Å². The molecule has 3 aromatic rings. The van der Waals surface area contributed by atoms with E-state index in [0.717, 1.165) is 25.7 Å². The van der Waals surface area contributed by atoms with Crippen LogP contribution in [0.15, 0.2) is 70.1 Å². The average Bonchev–Trinajstić information content (AvgIpc) is 2.91. The van der Waals surface area contributed by atoms with Crippen molar-refractivity contribution < 1.29 is 19.1 Å². The maximum absolute atomic E-state index is 12.8. The van der Waals surface area contributed by atoms with E-state index in [-0.39, 0.29) is 17.1 Å². The van der Waals surface area contributed by atoms with E-state index in [9.17, 15) is 14.7 Å². The van der Waals surface area contributed by atoms with Crippen LogP contribution in [-0.2, 0) is 4.79 Å². The van der Waals surface area contributed by atoms with Gasteiger partial charge >= 0.3 is 5.97 Å². The Hall–Kier alpha value is -3.34. The predicted octanol–water partition coefficient (Wildman–Crippen LogP) is 9.11. The van der Waals surface area contributed by atoms with Crippen molar-refractivity contribution >= 4 is 16.9 Å². The smallest absolute Gasteiger partial charge is 0.311 e. The molecule has 0 amide bonds. The third-order valence-electron chi connectivity index (χ3n) is 6.80. The summed E-state index contributed by atoms with van der Waals surface area (Å²) in [4.78, 5) is 25.0. The number of unbranched alkanes of at least 4 members (excludes halogenated alkanes) is 11. The minimum Gasteiger partial charge on any atom is -0.508 e. The molecule has 0 saturated carbocycles. The monoisotopic (exact) mass is 518 g/mol. The molecule has 0 aliphatic rings. The molecule has 1 heterocycles. The molecule has 1 N–H and O–H groups in total. The molecule has 0 atom stereocenters. The number of hydrogen-bond donors (Lipinski definition) is 1. The van der Waals surface area contributed by atoms with E-state index in [1.807, 2.05) is 0 Å². The van der Waals surface area contributed by atoms with Crippen LogP contribution in [0.5, 0.6) is 11.5 Å². The first-order chi connectivity index (χ1) is 18.6. The number of allylic oxidation sites excluding steroid dienone is 2. The Balaban J connectivity index is 1.28. The summed E-state index contributed by atoms with van der Waals surface area (Å²) in [6.07, 6.45) is 22.3. The molecular weight excluding hydrogens is 476 g/mol. The zero-order chi connectivity index (χ0) is 27.0. The van der Waals surface area contributed by atoms with Crippen molar-refractivity contribution in [2.45, 2.75) is 96.8 Å². The van der Waals surface area contributed by atoms with Crippen LogP contribution < -0.4 is 10.2 Å². The zero-order valence-electron chi connectivity index (χ0n) is 22.8. The van der Waals surface area contributed by atoms with Gasteiger partial charge in [0.05, 0.1) is 10.9 Å². The Morgan fingerprint density at radius 1 is 0.842 bits per heavy atom. The molecule has 5 heteroatoms. The normalized spacial score (nSPS) is 11.4. The van der Waals surface area contributed by atoms with Gasteiger partial charge in [0, 0.05) is 12.5 Å². The number of ether oxygens (including phenoxy) is 1. The molecule has 0 aliphatic carbocycles. The molecule has 0 unspecified atom stereocenters. The SMILES string of the molecule is CCCCCCCC/C=C\CCCCCCCC(=O)Oc1ccc(-c2coc3cc(O)ccc3c2=O)cc1. The fourth-order valence-corrected chi connectivity index (χ4v) is 4.54. The molecular formula is C33H42O5. The fourth-order valence-electron chi connectivity index (χ4n) is 4.54. The quantitative estimate of drug-likeness (QED) is 0.0834. The highest BCUT2D eigenvalue weighted by Crippen LogP contribution is 2.24. The van der Waals surface area contributed by atoms with Crippen LogP contribution in [0.4, 0.5) is 0 Å². The van der Waals surface area contributed by atoms with Gasteiger partial charge in [-0.25, -0.2) is 0 Å². The number of phenolic OH excluding ortho intramolecular Hbond substituents is 1. The van der Waals surface area contributed by atoms with Gasteiger partial charge in [-0.15, -0.1) is 0 Å². The van der Waals surface area contributed by atoms with Gasteiger partial charge in [-0.05, 0) is 61.9 Å². The first-order valence-corrected chi connectivity index (χ1v) is 14.3. The lowest BCUT2D eigenvalue weighted by Crippen LogP contribution is -2.08. The molecule has 2 aromatic carbocycles. The van der Waals surface area contributed by atoms with E-state index in [4.69, 9.17) is 9.15 Å². The maximum Gasteiger partial charge on any atom is 0.311 e. The first-order valence-electron chi connectivity index (χ1n) is 14.3. The molecule has 3 rings (SSSR count). The molecule has 0 spiro atoms. The second kappa shape index (κ2) is 16.5. The highest BCUT2D eigenvalue weighted by atomic mass is 16.5. The Kier molecular flexibility index (Phi) is 12.7. The molecule has 0 fully saturated rings. The highest BCUT2D eigenvalue weighted by molar-refractivity contribution is 5.82. The largest absolute Gasteiger partial charge is 0.508 e. The summed E-state index contributed by atoms with van der Waals surface area (Å²) in [5.41, 5.74) is 1.24. The Bertz CT molecular complexity index is 1210. The minimum absolute atomic E-state index is 0.0429. The molecule has 5 nitrogen and oxygen atoms in total. The van der Waals surface area contributed by atoms with E-state index < -0.39 is 0 Å². The summed E-state index contributed by atoms with van der Waals surface area (Å²) in [5, 5.41) is 9.97. The van der Waals surface area contributed by atoms with Gasteiger partial charge in [-0.3, -0.25) is 9.59 Å². The Morgan fingerprint density at radius 3 is 2.16 bits per heavy atom. The minimum atomic E-state index is -0.236. The van der Waals surface area contributed by atoms with Crippen molar-refractivity contribution in [3.8, 4) is 22.6 Å². The van der Waals surface area contributed by atoms with Gasteiger partial charge in [-0.2, -0.15) is 0 Å². The van der Waals surface area contributed by atoms with Crippen LogP contribution in [0, 0.1) is 0 Å². The third kappa shape index (κ3) is 9.85. The van der Waals surface area contributed by atoms with Gasteiger partial charge in [0.1, 0.15) is 23.3 Å². The van der Waals surface area contributed by atoms with E-state index in [2.05, 4.69) is 19.1 Å². The average molecular weight is 519 g/mol. The van der Waals surface area contributed by atoms with Crippen molar-refractivity contribution in [2.75, 3.05) is 0 Å². The predicted molar refractivity (Wildman–Crippen MR) is 155 cm³/mol. The van der Waals surface area contributed by atoms with Crippen molar-refractivity contribution in [1.82, 2.24) is 0 Å². The van der Waals surface area contributed by atoms with Gasteiger partial charge < -0.3 is 14.3 Å². The summed E-state index contributed by atoms with van der Waals surface area (Å²) >= 11 is 0. The number of carbonyl (C=O) groups excluding carboxylic acids is 1. The number of hydrogen-bond acceptors (Lipinski definition) is 5. The lowest BCUT2D eigenvalue weighted by Gasteiger charge is -2.07. The molecule has 0 bridgehead atoms. The van der Waals surface area contributed by atoms with Crippen LogP contribution >= 0.6 is 0 Å². The van der Waals surface area contributed by atoms with Crippen LogP contribution in [-0.4, -0.2) is 11.1 Å². The summed E-state index contributed by atoms with van der Waals surface area (Å²) in [6.45, 7) is 2.26. The second-order valence-electron chi connectivity index (χ2n) is 9.99. The van der Waals surface area contributed by atoms with Crippen LogP contribution in [0.2, 0.25) is 0 Å². The molecule has 1 aromatic heterocycles. The Labute approximate surface area is 226 Å². The number of rotatable bonds is 17.